The molecule has 7 heteroatoms. The zero-order valence-electron chi connectivity index (χ0n) is 15.5. The number of carboxylic acids is 1. The third kappa shape index (κ3) is 5.16. The van der Waals surface area contributed by atoms with Crippen molar-refractivity contribution in [1.82, 2.24) is 14.8 Å². The van der Waals surface area contributed by atoms with E-state index >= 15 is 0 Å². The summed E-state index contributed by atoms with van der Waals surface area (Å²) in [4.78, 5) is 43.6. The minimum Gasteiger partial charge on any atom is -0.480 e. The lowest BCUT2D eigenvalue weighted by Gasteiger charge is -2.24. The van der Waals surface area contributed by atoms with Gasteiger partial charge in [-0.15, -0.1) is 0 Å². The van der Waals surface area contributed by atoms with Gasteiger partial charge in [0.2, 0.25) is 11.8 Å². The van der Waals surface area contributed by atoms with Crippen molar-refractivity contribution >= 4 is 17.8 Å². The summed E-state index contributed by atoms with van der Waals surface area (Å²) < 4.78 is 0. The number of benzene rings is 1. The van der Waals surface area contributed by atoms with E-state index in [0.29, 0.717) is 19.5 Å². The molecule has 1 aliphatic rings. The molecular weight excluding hydrogens is 358 g/mol. The van der Waals surface area contributed by atoms with Gasteiger partial charge in [-0.3, -0.25) is 19.4 Å². The van der Waals surface area contributed by atoms with E-state index in [-0.39, 0.29) is 31.3 Å². The second kappa shape index (κ2) is 9.12. The van der Waals surface area contributed by atoms with Gasteiger partial charge < -0.3 is 14.9 Å². The molecule has 1 aromatic carbocycles. The van der Waals surface area contributed by atoms with E-state index in [0.717, 1.165) is 11.3 Å². The van der Waals surface area contributed by atoms with E-state index in [1.54, 1.807) is 17.2 Å². The highest BCUT2D eigenvalue weighted by atomic mass is 16.4. The number of aliphatic carboxylic acids is 1. The topological polar surface area (TPSA) is 90.8 Å². The maximum atomic E-state index is 12.9. The molecule has 3 rings (SSSR count). The first-order valence-electron chi connectivity index (χ1n) is 9.25. The highest BCUT2D eigenvalue weighted by Gasteiger charge is 2.37. The first-order valence-corrected chi connectivity index (χ1v) is 9.25. The summed E-state index contributed by atoms with van der Waals surface area (Å²) in [5.74, 6) is -1.97. The number of carbonyl (C=O) groups excluding carboxylic acids is 2. The molecule has 1 saturated heterocycles. The Balaban J connectivity index is 1.63. The van der Waals surface area contributed by atoms with E-state index in [1.165, 1.54) is 4.90 Å². The zero-order valence-corrected chi connectivity index (χ0v) is 15.5. The zero-order chi connectivity index (χ0) is 19.9. The van der Waals surface area contributed by atoms with Gasteiger partial charge >= 0.3 is 5.97 Å². The molecule has 0 spiro atoms. The lowest BCUT2D eigenvalue weighted by atomic mass is 10.1. The van der Waals surface area contributed by atoms with Gasteiger partial charge in [0, 0.05) is 25.7 Å². The van der Waals surface area contributed by atoms with Crippen molar-refractivity contribution in [2.45, 2.75) is 19.4 Å². The van der Waals surface area contributed by atoms with Gasteiger partial charge in [-0.1, -0.05) is 36.4 Å². The van der Waals surface area contributed by atoms with Crippen LogP contribution in [0.1, 0.15) is 17.7 Å². The van der Waals surface area contributed by atoms with Gasteiger partial charge in [0.25, 0.3) is 0 Å². The van der Waals surface area contributed by atoms with Crippen LogP contribution >= 0.6 is 0 Å². The maximum Gasteiger partial charge on any atom is 0.323 e. The molecule has 28 heavy (non-hydrogen) atoms. The van der Waals surface area contributed by atoms with Crippen LogP contribution in [-0.4, -0.2) is 57.3 Å². The Bertz CT molecular complexity index is 826. The normalized spacial score (nSPS) is 16.2. The number of amides is 2. The predicted molar refractivity (Wildman–Crippen MR) is 102 cm³/mol. The van der Waals surface area contributed by atoms with Crippen molar-refractivity contribution in [2.24, 2.45) is 5.92 Å². The van der Waals surface area contributed by atoms with Gasteiger partial charge in [-0.05, 0) is 24.1 Å². The van der Waals surface area contributed by atoms with E-state index < -0.39 is 11.9 Å². The molecule has 0 aliphatic carbocycles. The fourth-order valence-electron chi connectivity index (χ4n) is 3.37. The summed E-state index contributed by atoms with van der Waals surface area (Å²) in [5, 5.41) is 9.19. The molecule has 1 aliphatic heterocycles. The predicted octanol–water partition coefficient (Wildman–Crippen LogP) is 1.59. The fourth-order valence-corrected chi connectivity index (χ4v) is 3.37. The molecule has 2 aromatic rings. The molecule has 0 bridgehead atoms. The van der Waals surface area contributed by atoms with Crippen LogP contribution < -0.4 is 0 Å². The Labute approximate surface area is 163 Å². The molecule has 2 heterocycles. The van der Waals surface area contributed by atoms with Crippen molar-refractivity contribution in [1.29, 1.82) is 0 Å². The summed E-state index contributed by atoms with van der Waals surface area (Å²) >= 11 is 0. The molecule has 0 radical (unpaired) electrons. The molecule has 1 aromatic heterocycles. The Hall–Kier alpha value is -3.22. The van der Waals surface area contributed by atoms with Gasteiger partial charge in [0.15, 0.2) is 0 Å². The Morgan fingerprint density at radius 3 is 2.57 bits per heavy atom. The number of pyridine rings is 1. The lowest BCUT2D eigenvalue weighted by molar-refractivity contribution is -0.146. The molecule has 1 N–H and O–H groups in total. The van der Waals surface area contributed by atoms with Crippen LogP contribution in [-0.2, 0) is 27.3 Å². The molecule has 7 nitrogen and oxygen atoms in total. The van der Waals surface area contributed by atoms with Crippen molar-refractivity contribution in [3.63, 3.8) is 0 Å². The highest BCUT2D eigenvalue weighted by Crippen LogP contribution is 2.22. The SMILES string of the molecule is O=C(O)CN(CCc1ccccc1)C(=O)[C@H]1CC(=O)N(Cc2ccccn2)C1. The molecule has 1 atom stereocenters. The van der Waals surface area contributed by atoms with Crippen molar-refractivity contribution < 1.29 is 19.5 Å². The second-order valence-electron chi connectivity index (χ2n) is 6.89. The van der Waals surface area contributed by atoms with E-state index in [2.05, 4.69) is 4.98 Å². The minimum absolute atomic E-state index is 0.104. The van der Waals surface area contributed by atoms with Gasteiger partial charge in [0.05, 0.1) is 18.2 Å². The Morgan fingerprint density at radius 2 is 1.89 bits per heavy atom. The van der Waals surface area contributed by atoms with Gasteiger partial charge in [0.1, 0.15) is 6.54 Å². The Kier molecular flexibility index (Phi) is 6.37. The number of carbonyl (C=O) groups is 3. The summed E-state index contributed by atoms with van der Waals surface area (Å²) in [6.45, 7) is 0.582. The number of aromatic nitrogens is 1. The van der Waals surface area contributed by atoms with Crippen LogP contribution in [0.5, 0.6) is 0 Å². The van der Waals surface area contributed by atoms with Crippen LogP contribution in [0.15, 0.2) is 54.7 Å². The maximum absolute atomic E-state index is 12.9. The highest BCUT2D eigenvalue weighted by molar-refractivity contribution is 5.90. The van der Waals surface area contributed by atoms with E-state index in [1.807, 2.05) is 42.5 Å². The third-order valence-corrected chi connectivity index (χ3v) is 4.79. The van der Waals surface area contributed by atoms with Crippen LogP contribution in [0.2, 0.25) is 0 Å². The number of nitrogens with zero attached hydrogens (tertiary/aromatic N) is 3. The average Bonchev–Trinajstić information content (AvgIpc) is 3.06. The molecule has 1 fully saturated rings. The van der Waals surface area contributed by atoms with Gasteiger partial charge in [-0.2, -0.15) is 0 Å². The molecule has 0 saturated carbocycles. The smallest absolute Gasteiger partial charge is 0.323 e. The van der Waals surface area contributed by atoms with Crippen LogP contribution in [0.3, 0.4) is 0 Å². The molecule has 146 valence electrons. The van der Waals surface area contributed by atoms with Crippen LogP contribution in [0.4, 0.5) is 0 Å². The first kappa shape index (κ1) is 19.5. The van der Waals surface area contributed by atoms with Crippen molar-refractivity contribution in [3.8, 4) is 0 Å². The molecule has 2 amide bonds. The van der Waals surface area contributed by atoms with Crippen LogP contribution in [0, 0.1) is 5.92 Å². The second-order valence-corrected chi connectivity index (χ2v) is 6.89. The fraction of sp³-hybridized carbons (Fsp3) is 0.333. The summed E-state index contributed by atoms with van der Waals surface area (Å²) in [7, 11) is 0. The average molecular weight is 381 g/mol. The summed E-state index contributed by atoms with van der Waals surface area (Å²) in [5.41, 5.74) is 1.79. The minimum atomic E-state index is -1.06. The van der Waals surface area contributed by atoms with E-state index in [9.17, 15) is 19.5 Å². The third-order valence-electron chi connectivity index (χ3n) is 4.79. The number of likely N-dealkylation sites (tertiary alicyclic amines) is 1. The Morgan fingerprint density at radius 1 is 1.14 bits per heavy atom. The number of hydrogen-bond acceptors (Lipinski definition) is 4. The lowest BCUT2D eigenvalue weighted by Crippen LogP contribution is -2.41. The number of carboxylic acid groups (broad SMARTS) is 1. The number of rotatable bonds is 8. The largest absolute Gasteiger partial charge is 0.480 e. The molecule has 0 unspecified atom stereocenters. The standard InChI is InChI=1S/C21H23N3O4/c25-19-12-17(13-24(19)14-18-8-4-5-10-22-18)21(28)23(15-20(26)27)11-9-16-6-2-1-3-7-16/h1-8,10,17H,9,11-15H2,(H,26,27)/t17-/m0/s1. The first-order chi connectivity index (χ1) is 13.5. The quantitative estimate of drug-likeness (QED) is 0.750. The van der Waals surface area contributed by atoms with Crippen LogP contribution in [0.25, 0.3) is 0 Å². The number of hydrogen-bond donors (Lipinski definition) is 1. The monoisotopic (exact) mass is 381 g/mol. The van der Waals surface area contributed by atoms with Crippen molar-refractivity contribution in [3.05, 3.63) is 66.0 Å². The van der Waals surface area contributed by atoms with E-state index in [4.69, 9.17) is 0 Å². The molecular formula is C21H23N3O4. The van der Waals surface area contributed by atoms with Gasteiger partial charge in [-0.25, -0.2) is 0 Å². The van der Waals surface area contributed by atoms with Crippen molar-refractivity contribution in [2.75, 3.05) is 19.6 Å². The summed E-state index contributed by atoms with van der Waals surface area (Å²) in [6.07, 6.45) is 2.34. The summed E-state index contributed by atoms with van der Waals surface area (Å²) in [6, 6.07) is 15.1.